The molecule has 0 aromatic heterocycles. The number of amides is 1. The molecule has 0 spiro atoms. The van der Waals surface area contributed by atoms with Gasteiger partial charge in [-0.25, -0.2) is 0 Å². The molecule has 1 saturated heterocycles. The van der Waals surface area contributed by atoms with Crippen LogP contribution in [0.25, 0.3) is 0 Å². The van der Waals surface area contributed by atoms with Crippen molar-refractivity contribution < 1.29 is 9.59 Å². The third-order valence-corrected chi connectivity index (χ3v) is 5.12. The Labute approximate surface area is 160 Å². The summed E-state index contributed by atoms with van der Waals surface area (Å²) in [4.78, 5) is 24.8. The van der Waals surface area contributed by atoms with E-state index in [1.807, 2.05) is 0 Å². The van der Waals surface area contributed by atoms with Gasteiger partial charge in [0.25, 0.3) is 0 Å². The van der Waals surface area contributed by atoms with Crippen molar-refractivity contribution in [2.24, 2.45) is 0 Å². The van der Waals surface area contributed by atoms with E-state index in [1.165, 1.54) is 44.9 Å². The van der Waals surface area contributed by atoms with E-state index in [4.69, 9.17) is 0 Å². The Kier molecular flexibility index (Phi) is 13.8. The predicted octanol–water partition coefficient (Wildman–Crippen LogP) is 5.99. The predicted molar refractivity (Wildman–Crippen MR) is 110 cm³/mol. The van der Waals surface area contributed by atoms with Gasteiger partial charge < -0.3 is 9.69 Å². The molecule has 0 N–H and O–H groups in total. The van der Waals surface area contributed by atoms with Crippen molar-refractivity contribution in [2.75, 3.05) is 6.54 Å². The lowest BCUT2D eigenvalue weighted by atomic mass is 10.1. The van der Waals surface area contributed by atoms with Gasteiger partial charge in [-0.3, -0.25) is 4.79 Å². The standard InChI is InChI=1S/C23H39NO2/c1-2-3-4-5-6-7-8-9-10-11-12-13-14-15-16-19-23(26)24-20-17-18-22(24)21-25/h6-7,9-10,21-22H,2-5,8,11-20H2,1H3/b7-6-,10-9-/t22-/m0/s1. The third-order valence-electron chi connectivity index (χ3n) is 5.12. The molecule has 148 valence electrons. The van der Waals surface area contributed by atoms with Crippen LogP contribution in [0.15, 0.2) is 24.3 Å². The first kappa shape index (κ1) is 22.7. The van der Waals surface area contributed by atoms with Crippen molar-refractivity contribution >= 4 is 12.2 Å². The number of allylic oxidation sites excluding steroid dienone is 4. The first-order valence-corrected chi connectivity index (χ1v) is 10.8. The highest BCUT2D eigenvalue weighted by Crippen LogP contribution is 2.18. The first-order chi connectivity index (χ1) is 12.8. The van der Waals surface area contributed by atoms with Gasteiger partial charge in [0.2, 0.25) is 5.91 Å². The van der Waals surface area contributed by atoms with E-state index in [2.05, 4.69) is 31.2 Å². The minimum Gasteiger partial charge on any atom is -0.333 e. The van der Waals surface area contributed by atoms with Crippen LogP contribution in [0.3, 0.4) is 0 Å². The van der Waals surface area contributed by atoms with E-state index in [0.717, 1.165) is 51.4 Å². The smallest absolute Gasteiger partial charge is 0.223 e. The van der Waals surface area contributed by atoms with Gasteiger partial charge >= 0.3 is 0 Å². The molecule has 26 heavy (non-hydrogen) atoms. The summed E-state index contributed by atoms with van der Waals surface area (Å²) < 4.78 is 0. The number of hydrogen-bond acceptors (Lipinski definition) is 2. The lowest BCUT2D eigenvalue weighted by Crippen LogP contribution is -2.36. The molecule has 3 heteroatoms. The lowest BCUT2D eigenvalue weighted by Gasteiger charge is -2.20. The highest BCUT2D eigenvalue weighted by Gasteiger charge is 2.27. The zero-order chi connectivity index (χ0) is 18.9. The molecule has 1 aliphatic rings. The van der Waals surface area contributed by atoms with Gasteiger partial charge in [-0.2, -0.15) is 0 Å². The zero-order valence-electron chi connectivity index (χ0n) is 16.8. The first-order valence-electron chi connectivity index (χ1n) is 10.8. The number of aldehydes is 1. The fourth-order valence-corrected chi connectivity index (χ4v) is 3.47. The molecule has 1 heterocycles. The minimum absolute atomic E-state index is 0.152. The molecule has 1 rings (SSSR count). The second-order valence-corrected chi connectivity index (χ2v) is 7.41. The van der Waals surface area contributed by atoms with Gasteiger partial charge in [0.1, 0.15) is 6.29 Å². The molecular formula is C23H39NO2. The average Bonchev–Trinajstić information content (AvgIpc) is 3.13. The number of unbranched alkanes of at least 4 members (excludes halogenated alkanes) is 8. The number of carbonyl (C=O) groups excluding carboxylic acids is 2. The van der Waals surface area contributed by atoms with Gasteiger partial charge in [-0.05, 0) is 51.4 Å². The highest BCUT2D eigenvalue weighted by atomic mass is 16.2. The number of carbonyl (C=O) groups is 2. The number of hydrogen-bond donors (Lipinski definition) is 0. The fourth-order valence-electron chi connectivity index (χ4n) is 3.47. The summed E-state index contributed by atoms with van der Waals surface area (Å²) in [5.74, 6) is 0.172. The van der Waals surface area contributed by atoms with Gasteiger partial charge in [-0.1, -0.05) is 63.3 Å². The highest BCUT2D eigenvalue weighted by molar-refractivity contribution is 5.80. The topological polar surface area (TPSA) is 37.4 Å². The monoisotopic (exact) mass is 361 g/mol. The van der Waals surface area contributed by atoms with Crippen LogP contribution in [0.1, 0.15) is 96.8 Å². The summed E-state index contributed by atoms with van der Waals surface area (Å²) in [5, 5.41) is 0. The maximum atomic E-state index is 12.1. The molecule has 0 bridgehead atoms. The van der Waals surface area contributed by atoms with Crippen molar-refractivity contribution in [2.45, 2.75) is 103 Å². The van der Waals surface area contributed by atoms with E-state index in [0.29, 0.717) is 6.42 Å². The Bertz CT molecular complexity index is 428. The van der Waals surface area contributed by atoms with Crippen LogP contribution in [0, 0.1) is 0 Å². The van der Waals surface area contributed by atoms with Gasteiger partial charge in [-0.15, -0.1) is 0 Å². The molecular weight excluding hydrogens is 322 g/mol. The quantitative estimate of drug-likeness (QED) is 0.204. The van der Waals surface area contributed by atoms with Crippen LogP contribution >= 0.6 is 0 Å². The molecule has 0 aromatic rings. The second kappa shape index (κ2) is 15.8. The van der Waals surface area contributed by atoms with E-state index < -0.39 is 0 Å². The summed E-state index contributed by atoms with van der Waals surface area (Å²) in [6.45, 7) is 3.01. The molecule has 0 radical (unpaired) electrons. The molecule has 3 nitrogen and oxygen atoms in total. The maximum Gasteiger partial charge on any atom is 0.223 e. The van der Waals surface area contributed by atoms with Crippen molar-refractivity contribution in [3.8, 4) is 0 Å². The second-order valence-electron chi connectivity index (χ2n) is 7.41. The van der Waals surface area contributed by atoms with E-state index in [9.17, 15) is 9.59 Å². The summed E-state index contributed by atoms with van der Waals surface area (Å²) in [5.41, 5.74) is 0. The summed E-state index contributed by atoms with van der Waals surface area (Å²) in [6.07, 6.45) is 25.7. The minimum atomic E-state index is -0.152. The Morgan fingerprint density at radius 2 is 1.58 bits per heavy atom. The van der Waals surface area contributed by atoms with Crippen LogP contribution < -0.4 is 0 Å². The van der Waals surface area contributed by atoms with E-state index >= 15 is 0 Å². The van der Waals surface area contributed by atoms with Crippen LogP contribution in [0.4, 0.5) is 0 Å². The summed E-state index contributed by atoms with van der Waals surface area (Å²) in [7, 11) is 0. The van der Waals surface area contributed by atoms with E-state index in [-0.39, 0.29) is 11.9 Å². The Morgan fingerprint density at radius 3 is 2.27 bits per heavy atom. The molecule has 0 unspecified atom stereocenters. The molecule has 0 aliphatic carbocycles. The van der Waals surface area contributed by atoms with Gasteiger partial charge in [0.15, 0.2) is 0 Å². The normalized spacial score (nSPS) is 17.6. The van der Waals surface area contributed by atoms with Gasteiger partial charge in [0.05, 0.1) is 6.04 Å². The van der Waals surface area contributed by atoms with Crippen LogP contribution in [-0.2, 0) is 9.59 Å². The summed E-state index contributed by atoms with van der Waals surface area (Å²) in [6, 6.07) is -0.152. The fraction of sp³-hybridized carbons (Fsp3) is 0.739. The molecule has 1 aliphatic heterocycles. The Morgan fingerprint density at radius 1 is 0.923 bits per heavy atom. The molecule has 0 aromatic carbocycles. The Hall–Kier alpha value is -1.38. The zero-order valence-corrected chi connectivity index (χ0v) is 16.8. The largest absolute Gasteiger partial charge is 0.333 e. The van der Waals surface area contributed by atoms with Crippen molar-refractivity contribution in [3.05, 3.63) is 24.3 Å². The van der Waals surface area contributed by atoms with Crippen LogP contribution in [0.5, 0.6) is 0 Å². The SMILES string of the molecule is CCCCC/C=C\C/C=C\CCCCCCCC(=O)N1CCC[C@H]1C=O. The number of nitrogens with zero attached hydrogens (tertiary/aromatic N) is 1. The molecule has 1 atom stereocenters. The van der Waals surface area contributed by atoms with Gasteiger partial charge in [0, 0.05) is 13.0 Å². The van der Waals surface area contributed by atoms with Crippen molar-refractivity contribution in [1.82, 2.24) is 4.90 Å². The molecule has 1 amide bonds. The average molecular weight is 362 g/mol. The van der Waals surface area contributed by atoms with Crippen molar-refractivity contribution in [1.29, 1.82) is 0 Å². The van der Waals surface area contributed by atoms with E-state index in [1.54, 1.807) is 4.90 Å². The van der Waals surface area contributed by atoms with Crippen LogP contribution in [0.2, 0.25) is 0 Å². The summed E-state index contributed by atoms with van der Waals surface area (Å²) >= 11 is 0. The maximum absolute atomic E-state index is 12.1. The lowest BCUT2D eigenvalue weighted by molar-refractivity contribution is -0.134. The molecule has 1 fully saturated rings. The number of rotatable bonds is 15. The Balaban J connectivity index is 1.89. The van der Waals surface area contributed by atoms with Crippen molar-refractivity contribution in [3.63, 3.8) is 0 Å². The third kappa shape index (κ3) is 10.6. The number of likely N-dealkylation sites (tertiary alicyclic amines) is 1. The molecule has 0 saturated carbocycles. The van der Waals surface area contributed by atoms with Crippen LogP contribution in [-0.4, -0.2) is 29.7 Å².